The van der Waals surface area contributed by atoms with Gasteiger partial charge in [-0.3, -0.25) is 9.69 Å². The number of hydrogen-bond acceptors (Lipinski definition) is 3. The lowest BCUT2D eigenvalue weighted by atomic mass is 10.1. The number of benzene rings is 2. The van der Waals surface area contributed by atoms with Crippen molar-refractivity contribution in [1.82, 2.24) is 19.8 Å². The van der Waals surface area contributed by atoms with Crippen LogP contribution in [0.2, 0.25) is 0 Å². The smallest absolute Gasteiger partial charge is 0.223 e. The Balaban J connectivity index is 1.25. The number of rotatable bonds is 5. The van der Waals surface area contributed by atoms with E-state index < -0.39 is 0 Å². The molecule has 0 radical (unpaired) electrons. The fourth-order valence-corrected chi connectivity index (χ4v) is 3.73. The zero-order chi connectivity index (χ0) is 18.6. The Morgan fingerprint density at radius 1 is 1.07 bits per heavy atom. The second kappa shape index (κ2) is 7.92. The normalized spacial score (nSPS) is 15.4. The molecular weight excluding hydrogens is 336 g/mol. The summed E-state index contributed by atoms with van der Waals surface area (Å²) in [4.78, 5) is 24.8. The number of H-pyrrole nitrogens is 1. The molecule has 0 atom stereocenters. The van der Waals surface area contributed by atoms with Crippen LogP contribution in [0, 0.1) is 6.92 Å². The fourth-order valence-electron chi connectivity index (χ4n) is 3.73. The zero-order valence-electron chi connectivity index (χ0n) is 15.8. The minimum atomic E-state index is 0.227. The molecule has 0 bridgehead atoms. The van der Waals surface area contributed by atoms with Crippen molar-refractivity contribution in [2.75, 3.05) is 26.2 Å². The number of para-hydroxylation sites is 2. The van der Waals surface area contributed by atoms with Crippen molar-refractivity contribution in [3.05, 3.63) is 65.5 Å². The van der Waals surface area contributed by atoms with Gasteiger partial charge in [-0.05, 0) is 24.6 Å². The molecule has 4 rings (SSSR count). The highest BCUT2D eigenvalue weighted by Crippen LogP contribution is 2.14. The Bertz CT molecular complexity index is 892. The van der Waals surface area contributed by atoms with Crippen LogP contribution < -0.4 is 0 Å². The number of aromatic amines is 1. The van der Waals surface area contributed by atoms with E-state index in [0.717, 1.165) is 49.6 Å². The summed E-state index contributed by atoms with van der Waals surface area (Å²) in [6, 6.07) is 16.6. The summed E-state index contributed by atoms with van der Waals surface area (Å²) >= 11 is 0. The third-order valence-electron chi connectivity index (χ3n) is 5.23. The molecule has 1 saturated heterocycles. The fraction of sp³-hybridized carbons (Fsp3) is 0.364. The van der Waals surface area contributed by atoms with Gasteiger partial charge >= 0.3 is 0 Å². The molecule has 0 saturated carbocycles. The second-order valence-corrected chi connectivity index (χ2v) is 7.35. The van der Waals surface area contributed by atoms with Crippen molar-refractivity contribution >= 4 is 16.9 Å². The Hall–Kier alpha value is -2.66. The standard InChI is InChI=1S/C22H26N4O/c1-17-5-4-6-18(15-17)16-25-11-13-26(14-12-25)22(27)10-9-21-23-19-7-2-3-8-20(19)24-21/h2-8,15H,9-14,16H2,1H3,(H,23,24). The third-order valence-corrected chi connectivity index (χ3v) is 5.23. The minimum absolute atomic E-state index is 0.227. The lowest BCUT2D eigenvalue weighted by Crippen LogP contribution is -2.48. The van der Waals surface area contributed by atoms with Crippen molar-refractivity contribution in [2.24, 2.45) is 0 Å². The molecule has 27 heavy (non-hydrogen) atoms. The zero-order valence-corrected chi connectivity index (χ0v) is 15.8. The molecule has 3 aromatic rings. The number of piperazine rings is 1. The molecule has 1 aliphatic heterocycles. The highest BCUT2D eigenvalue weighted by molar-refractivity contribution is 5.77. The Kier molecular flexibility index (Phi) is 5.21. The van der Waals surface area contributed by atoms with Crippen LogP contribution in [0.5, 0.6) is 0 Å². The van der Waals surface area contributed by atoms with Gasteiger partial charge in [0.1, 0.15) is 5.82 Å². The van der Waals surface area contributed by atoms with Gasteiger partial charge in [0.25, 0.3) is 0 Å². The first-order chi connectivity index (χ1) is 13.2. The molecule has 1 fully saturated rings. The number of carbonyl (C=O) groups excluding carboxylic acids is 1. The number of nitrogens with one attached hydrogen (secondary N) is 1. The van der Waals surface area contributed by atoms with E-state index in [1.807, 2.05) is 29.2 Å². The number of fused-ring (bicyclic) bond motifs is 1. The van der Waals surface area contributed by atoms with E-state index in [4.69, 9.17) is 0 Å². The average molecular weight is 362 g/mol. The third kappa shape index (κ3) is 4.37. The number of carbonyl (C=O) groups is 1. The van der Waals surface area contributed by atoms with Crippen molar-refractivity contribution < 1.29 is 4.79 Å². The number of aryl methyl sites for hydroxylation is 2. The first-order valence-corrected chi connectivity index (χ1v) is 9.67. The molecular formula is C22H26N4O. The summed E-state index contributed by atoms with van der Waals surface area (Å²) in [7, 11) is 0. The average Bonchev–Trinajstić information content (AvgIpc) is 3.10. The van der Waals surface area contributed by atoms with Gasteiger partial charge in [0, 0.05) is 45.6 Å². The molecule has 0 aliphatic carbocycles. The van der Waals surface area contributed by atoms with E-state index >= 15 is 0 Å². The number of aromatic nitrogens is 2. The molecule has 0 unspecified atom stereocenters. The van der Waals surface area contributed by atoms with Crippen LogP contribution in [-0.2, 0) is 17.8 Å². The van der Waals surface area contributed by atoms with Crippen LogP contribution in [-0.4, -0.2) is 51.9 Å². The molecule has 140 valence electrons. The van der Waals surface area contributed by atoms with Crippen molar-refractivity contribution in [2.45, 2.75) is 26.3 Å². The maximum Gasteiger partial charge on any atom is 0.223 e. The van der Waals surface area contributed by atoms with E-state index in [0.29, 0.717) is 12.8 Å². The van der Waals surface area contributed by atoms with Crippen molar-refractivity contribution in [3.8, 4) is 0 Å². The molecule has 5 heteroatoms. The van der Waals surface area contributed by atoms with E-state index in [2.05, 4.69) is 46.1 Å². The van der Waals surface area contributed by atoms with Crippen LogP contribution >= 0.6 is 0 Å². The van der Waals surface area contributed by atoms with Crippen LogP contribution in [0.15, 0.2) is 48.5 Å². The van der Waals surface area contributed by atoms with Gasteiger partial charge in [-0.1, -0.05) is 42.0 Å². The maximum atomic E-state index is 12.6. The Labute approximate surface area is 160 Å². The van der Waals surface area contributed by atoms with Crippen LogP contribution in [0.25, 0.3) is 11.0 Å². The predicted octanol–water partition coefficient (Wildman–Crippen LogP) is 3.15. The van der Waals surface area contributed by atoms with Crippen LogP contribution in [0.4, 0.5) is 0 Å². The van der Waals surface area contributed by atoms with Crippen molar-refractivity contribution in [3.63, 3.8) is 0 Å². The summed E-state index contributed by atoms with van der Waals surface area (Å²) in [5.41, 5.74) is 4.64. The molecule has 1 N–H and O–H groups in total. The van der Waals surface area contributed by atoms with Crippen LogP contribution in [0.1, 0.15) is 23.4 Å². The molecule has 2 aromatic carbocycles. The number of imidazole rings is 1. The SMILES string of the molecule is Cc1cccc(CN2CCN(C(=O)CCc3nc4ccccc4[nH]3)CC2)c1. The van der Waals surface area contributed by atoms with Gasteiger partial charge in [-0.2, -0.15) is 0 Å². The van der Waals surface area contributed by atoms with E-state index in [1.54, 1.807) is 0 Å². The lowest BCUT2D eigenvalue weighted by Gasteiger charge is -2.34. The topological polar surface area (TPSA) is 52.2 Å². The van der Waals surface area contributed by atoms with Gasteiger partial charge in [0.15, 0.2) is 0 Å². The summed E-state index contributed by atoms with van der Waals surface area (Å²) in [5, 5.41) is 0. The molecule has 1 aromatic heterocycles. The number of nitrogens with zero attached hydrogens (tertiary/aromatic N) is 3. The highest BCUT2D eigenvalue weighted by Gasteiger charge is 2.21. The predicted molar refractivity (Wildman–Crippen MR) is 107 cm³/mol. The van der Waals surface area contributed by atoms with E-state index in [9.17, 15) is 4.79 Å². The molecule has 2 heterocycles. The van der Waals surface area contributed by atoms with Gasteiger partial charge < -0.3 is 9.88 Å². The van der Waals surface area contributed by atoms with Gasteiger partial charge in [0.05, 0.1) is 11.0 Å². The van der Waals surface area contributed by atoms with Gasteiger partial charge in [0.2, 0.25) is 5.91 Å². The molecule has 0 spiro atoms. The van der Waals surface area contributed by atoms with E-state index in [-0.39, 0.29) is 5.91 Å². The quantitative estimate of drug-likeness (QED) is 0.759. The first kappa shape index (κ1) is 17.7. The monoisotopic (exact) mass is 362 g/mol. The van der Waals surface area contributed by atoms with Crippen LogP contribution in [0.3, 0.4) is 0 Å². The summed E-state index contributed by atoms with van der Waals surface area (Å²) in [6.45, 7) is 6.58. The largest absolute Gasteiger partial charge is 0.342 e. The lowest BCUT2D eigenvalue weighted by molar-refractivity contribution is -0.133. The highest BCUT2D eigenvalue weighted by atomic mass is 16.2. The Morgan fingerprint density at radius 2 is 1.89 bits per heavy atom. The van der Waals surface area contributed by atoms with Gasteiger partial charge in [-0.15, -0.1) is 0 Å². The van der Waals surface area contributed by atoms with Gasteiger partial charge in [-0.25, -0.2) is 4.98 Å². The second-order valence-electron chi connectivity index (χ2n) is 7.35. The molecule has 1 aliphatic rings. The maximum absolute atomic E-state index is 12.6. The Morgan fingerprint density at radius 3 is 2.67 bits per heavy atom. The van der Waals surface area contributed by atoms with E-state index in [1.165, 1.54) is 11.1 Å². The summed E-state index contributed by atoms with van der Waals surface area (Å²) in [5.74, 6) is 1.12. The molecule has 1 amide bonds. The number of amides is 1. The minimum Gasteiger partial charge on any atom is -0.342 e. The summed E-state index contributed by atoms with van der Waals surface area (Å²) < 4.78 is 0. The first-order valence-electron chi connectivity index (χ1n) is 9.67. The number of hydrogen-bond donors (Lipinski definition) is 1. The summed E-state index contributed by atoms with van der Waals surface area (Å²) in [6.07, 6.45) is 1.18. The van der Waals surface area contributed by atoms with Crippen molar-refractivity contribution in [1.29, 1.82) is 0 Å². The molecule has 5 nitrogen and oxygen atoms in total.